The number of aliphatic hydroxyl groups excluding tert-OH is 1. The van der Waals surface area contributed by atoms with Gasteiger partial charge >= 0.3 is 6.03 Å². The lowest BCUT2D eigenvalue weighted by atomic mass is 9.89. The molecule has 0 bridgehead atoms. The third-order valence-electron chi connectivity index (χ3n) is 9.07. The molecule has 0 saturated carbocycles. The highest BCUT2D eigenvalue weighted by molar-refractivity contribution is 5.89. The van der Waals surface area contributed by atoms with Gasteiger partial charge in [-0.15, -0.1) is 0 Å². The van der Waals surface area contributed by atoms with Crippen LogP contribution in [0.25, 0.3) is 0 Å². The van der Waals surface area contributed by atoms with Gasteiger partial charge in [-0.05, 0) is 58.5 Å². The maximum atomic E-state index is 12.7. The molecule has 0 unspecified atom stereocenters. The first-order valence-corrected chi connectivity index (χ1v) is 16.1. The number of rotatable bonds is 10. The van der Waals surface area contributed by atoms with Crippen LogP contribution in [0, 0.1) is 5.92 Å². The van der Waals surface area contributed by atoms with Crippen molar-refractivity contribution in [1.82, 2.24) is 10.2 Å². The fraction of sp³-hybridized carbons (Fsp3) is 0.342. The summed E-state index contributed by atoms with van der Waals surface area (Å²) in [6, 6.07) is 29.2. The number of hydrogen-bond acceptors (Lipinski definition) is 7. The Balaban J connectivity index is 1.20. The molecular weight excluding hydrogens is 594 g/mol. The molecule has 1 saturated heterocycles. The summed E-state index contributed by atoms with van der Waals surface area (Å²) in [7, 11) is 3.33. The van der Waals surface area contributed by atoms with E-state index < -0.39 is 6.29 Å². The standard InChI is InChI=1S/C38H43N3O6/c1-25-35(23-41-17-16-29-19-33(44-2)34(45-3)20-31(29)22-41)46-37(47-36(25)28-14-12-27(24-42)13-15-28)30-10-7-11-32(18-30)40-38(43)39-21-26-8-5-4-6-9-26/h4-15,18-20,25,35-37,42H,16-17,21-24H2,1-3H3,(H2,39,40,43)/t25-,35+,36+,37+/m0/s1. The second-order valence-electron chi connectivity index (χ2n) is 12.2. The minimum absolute atomic E-state index is 0.0124. The van der Waals surface area contributed by atoms with E-state index in [-0.39, 0.29) is 30.8 Å². The third kappa shape index (κ3) is 7.77. The number of nitrogens with one attached hydrogen (secondary N) is 2. The minimum Gasteiger partial charge on any atom is -0.493 e. The van der Waals surface area contributed by atoms with Gasteiger partial charge in [-0.25, -0.2) is 4.79 Å². The summed E-state index contributed by atoms with van der Waals surface area (Å²) >= 11 is 0. The Morgan fingerprint density at radius 2 is 1.62 bits per heavy atom. The van der Waals surface area contributed by atoms with Gasteiger partial charge in [-0.3, -0.25) is 4.90 Å². The number of carbonyl (C=O) groups excluding carboxylic acids is 1. The van der Waals surface area contributed by atoms with Gasteiger partial charge in [-0.1, -0.05) is 73.7 Å². The summed E-state index contributed by atoms with van der Waals surface area (Å²) in [5.41, 5.74) is 6.88. The first-order chi connectivity index (χ1) is 22.9. The molecule has 9 nitrogen and oxygen atoms in total. The van der Waals surface area contributed by atoms with Crippen LogP contribution in [0.2, 0.25) is 0 Å². The molecule has 4 atom stereocenters. The highest BCUT2D eigenvalue weighted by Gasteiger charge is 2.39. The highest BCUT2D eigenvalue weighted by atomic mass is 16.7. The number of fused-ring (bicyclic) bond motifs is 1. The average molecular weight is 638 g/mol. The van der Waals surface area contributed by atoms with E-state index in [1.54, 1.807) is 14.2 Å². The Morgan fingerprint density at radius 1 is 0.872 bits per heavy atom. The SMILES string of the molecule is COc1cc2c(cc1OC)CN(C[C@H]1O[C@@H](c3cccc(NC(=O)NCc4ccccc4)c3)O[C@@H](c3ccc(CO)cc3)[C@H]1C)CC2. The number of ether oxygens (including phenoxy) is 4. The van der Waals surface area contributed by atoms with Gasteiger partial charge in [0.05, 0.1) is 33.0 Å². The van der Waals surface area contributed by atoms with E-state index in [0.717, 1.165) is 59.8 Å². The molecule has 1 fully saturated rings. The van der Waals surface area contributed by atoms with Crippen molar-refractivity contribution in [2.75, 3.05) is 32.6 Å². The number of urea groups is 1. The number of benzene rings is 4. The number of nitrogens with zero attached hydrogens (tertiary/aromatic N) is 1. The Bertz CT molecular complexity index is 1650. The molecule has 0 spiro atoms. The molecule has 246 valence electrons. The van der Waals surface area contributed by atoms with Crippen LogP contribution in [0.4, 0.5) is 10.5 Å². The quantitative estimate of drug-likeness (QED) is 0.186. The molecule has 2 amide bonds. The number of anilines is 1. The van der Waals surface area contributed by atoms with Crippen molar-refractivity contribution in [2.45, 2.75) is 51.5 Å². The molecule has 2 heterocycles. The third-order valence-corrected chi connectivity index (χ3v) is 9.07. The maximum Gasteiger partial charge on any atom is 0.319 e. The molecule has 9 heteroatoms. The number of hydrogen-bond donors (Lipinski definition) is 3. The lowest BCUT2D eigenvalue weighted by Crippen LogP contribution is -2.45. The van der Waals surface area contributed by atoms with Crippen LogP contribution >= 0.6 is 0 Å². The first kappa shape index (κ1) is 32.5. The zero-order valence-corrected chi connectivity index (χ0v) is 27.1. The van der Waals surface area contributed by atoms with Crippen LogP contribution < -0.4 is 20.1 Å². The second kappa shape index (κ2) is 15.0. The van der Waals surface area contributed by atoms with Crippen molar-refractivity contribution in [3.05, 3.63) is 124 Å². The predicted molar refractivity (Wildman–Crippen MR) is 180 cm³/mol. The lowest BCUT2D eigenvalue weighted by Gasteiger charge is -2.43. The Morgan fingerprint density at radius 3 is 2.34 bits per heavy atom. The normalized spacial score (nSPS) is 21.0. The van der Waals surface area contributed by atoms with Gasteiger partial charge in [0.15, 0.2) is 17.8 Å². The van der Waals surface area contributed by atoms with Crippen LogP contribution in [0.1, 0.15) is 52.7 Å². The average Bonchev–Trinajstić information content (AvgIpc) is 3.11. The molecule has 2 aliphatic heterocycles. The molecule has 3 N–H and O–H groups in total. The van der Waals surface area contributed by atoms with Gasteiger partial charge in [0.1, 0.15) is 0 Å². The zero-order chi connectivity index (χ0) is 32.8. The largest absolute Gasteiger partial charge is 0.493 e. The second-order valence-corrected chi connectivity index (χ2v) is 12.2. The van der Waals surface area contributed by atoms with E-state index in [0.29, 0.717) is 12.2 Å². The van der Waals surface area contributed by atoms with Crippen LogP contribution in [0.3, 0.4) is 0 Å². The van der Waals surface area contributed by atoms with E-state index in [1.807, 2.05) is 78.9 Å². The summed E-state index contributed by atoms with van der Waals surface area (Å²) in [5.74, 6) is 1.53. The highest BCUT2D eigenvalue weighted by Crippen LogP contribution is 2.43. The van der Waals surface area contributed by atoms with E-state index in [1.165, 1.54) is 11.1 Å². The van der Waals surface area contributed by atoms with E-state index in [2.05, 4.69) is 34.6 Å². The fourth-order valence-electron chi connectivity index (χ4n) is 6.40. The molecular formula is C38H43N3O6. The smallest absolute Gasteiger partial charge is 0.319 e. The summed E-state index contributed by atoms with van der Waals surface area (Å²) in [6.07, 6.45) is -0.111. The number of carbonyl (C=O) groups is 1. The molecule has 0 radical (unpaired) electrons. The molecule has 2 aliphatic rings. The van der Waals surface area contributed by atoms with Crippen molar-refractivity contribution in [1.29, 1.82) is 0 Å². The van der Waals surface area contributed by atoms with E-state index >= 15 is 0 Å². The number of methoxy groups -OCH3 is 2. The lowest BCUT2D eigenvalue weighted by molar-refractivity contribution is -0.276. The summed E-state index contributed by atoms with van der Waals surface area (Å²) in [6.45, 7) is 4.99. The van der Waals surface area contributed by atoms with Gasteiger partial charge in [0.2, 0.25) is 0 Å². The van der Waals surface area contributed by atoms with Crippen LogP contribution in [0.5, 0.6) is 11.5 Å². The number of aliphatic hydroxyl groups is 1. The van der Waals surface area contributed by atoms with Crippen molar-refractivity contribution in [2.24, 2.45) is 5.92 Å². The molecule has 6 rings (SSSR count). The first-order valence-electron chi connectivity index (χ1n) is 16.1. The molecule has 0 aliphatic carbocycles. The van der Waals surface area contributed by atoms with Crippen molar-refractivity contribution < 1.29 is 28.8 Å². The molecule has 47 heavy (non-hydrogen) atoms. The van der Waals surface area contributed by atoms with Gasteiger partial charge in [-0.2, -0.15) is 0 Å². The summed E-state index contributed by atoms with van der Waals surface area (Å²) in [5, 5.41) is 15.5. The van der Waals surface area contributed by atoms with Crippen molar-refractivity contribution >= 4 is 11.7 Å². The number of amides is 2. The van der Waals surface area contributed by atoms with E-state index in [4.69, 9.17) is 18.9 Å². The van der Waals surface area contributed by atoms with Crippen LogP contribution in [-0.4, -0.2) is 49.5 Å². The topological polar surface area (TPSA) is 102 Å². The van der Waals surface area contributed by atoms with Gasteiger partial charge in [0, 0.05) is 43.3 Å². The Labute approximate surface area is 276 Å². The molecule has 0 aromatic heterocycles. The Kier molecular flexibility index (Phi) is 10.4. The van der Waals surface area contributed by atoms with Gasteiger partial charge in [0.25, 0.3) is 0 Å². The van der Waals surface area contributed by atoms with E-state index in [9.17, 15) is 9.90 Å². The monoisotopic (exact) mass is 637 g/mol. The molecule has 4 aromatic rings. The summed E-state index contributed by atoms with van der Waals surface area (Å²) in [4.78, 5) is 15.1. The van der Waals surface area contributed by atoms with Crippen molar-refractivity contribution in [3.63, 3.8) is 0 Å². The Hall–Kier alpha value is -4.41. The minimum atomic E-state index is -0.644. The van der Waals surface area contributed by atoms with Crippen LogP contribution in [-0.2, 0) is 35.6 Å². The maximum absolute atomic E-state index is 12.7. The molecule has 4 aromatic carbocycles. The van der Waals surface area contributed by atoms with Crippen molar-refractivity contribution in [3.8, 4) is 11.5 Å². The summed E-state index contributed by atoms with van der Waals surface area (Å²) < 4.78 is 24.5. The van der Waals surface area contributed by atoms with Gasteiger partial charge < -0.3 is 34.7 Å². The fourth-order valence-corrected chi connectivity index (χ4v) is 6.40. The van der Waals surface area contributed by atoms with Crippen LogP contribution in [0.15, 0.2) is 91.0 Å². The predicted octanol–water partition coefficient (Wildman–Crippen LogP) is 6.37. The zero-order valence-electron chi connectivity index (χ0n) is 27.1.